The molecule has 4 nitrogen and oxygen atoms in total. The summed E-state index contributed by atoms with van der Waals surface area (Å²) >= 11 is 0. The molecule has 0 amide bonds. The number of carboxylic acids is 1. The van der Waals surface area contributed by atoms with E-state index in [2.05, 4.69) is 4.98 Å². The molecule has 0 radical (unpaired) electrons. The van der Waals surface area contributed by atoms with Crippen molar-refractivity contribution < 1.29 is 14.1 Å². The average molecular weight is 291 g/mol. The fourth-order valence-corrected chi connectivity index (χ4v) is 3.69. The van der Waals surface area contributed by atoms with Crippen LogP contribution in [0.2, 0.25) is 0 Å². The Morgan fingerprint density at radius 2 is 2.10 bits per heavy atom. The highest BCUT2D eigenvalue weighted by Crippen LogP contribution is 2.18. The number of aliphatic carboxylic acids is 1. The number of hydrogen-bond acceptors (Lipinski definition) is 3. The Balaban J connectivity index is 2.23. The van der Waals surface area contributed by atoms with Crippen molar-refractivity contribution in [3.8, 4) is 0 Å². The second kappa shape index (κ2) is 6.13. The molecule has 1 aromatic heterocycles. The minimum Gasteiger partial charge on any atom is -0.480 e. The maximum absolute atomic E-state index is 12.2. The largest absolute Gasteiger partial charge is 0.480 e. The van der Waals surface area contributed by atoms with Gasteiger partial charge in [0.05, 0.1) is 5.52 Å². The van der Waals surface area contributed by atoms with Crippen molar-refractivity contribution in [1.82, 2.24) is 4.98 Å². The third-order valence-corrected chi connectivity index (χ3v) is 5.04. The van der Waals surface area contributed by atoms with E-state index in [0.717, 1.165) is 16.5 Å². The standard InChI is InChI=1S/C15H17NO3S/c1-10(2)14(15(17)18)20(19)9-11-5-6-13-12(8-11)4-3-7-16-13/h3-8,10,14H,9H2,1-2H3,(H,17,18). The summed E-state index contributed by atoms with van der Waals surface area (Å²) in [5.74, 6) is -0.906. The molecule has 2 atom stereocenters. The average Bonchev–Trinajstić information content (AvgIpc) is 2.37. The summed E-state index contributed by atoms with van der Waals surface area (Å²) in [6.45, 7) is 3.56. The molecule has 1 N–H and O–H groups in total. The Kier molecular flexibility index (Phi) is 4.49. The van der Waals surface area contributed by atoms with Crippen molar-refractivity contribution in [3.63, 3.8) is 0 Å². The van der Waals surface area contributed by atoms with Crippen molar-refractivity contribution >= 4 is 27.7 Å². The van der Waals surface area contributed by atoms with Crippen LogP contribution >= 0.6 is 0 Å². The van der Waals surface area contributed by atoms with Gasteiger partial charge in [0.1, 0.15) is 5.25 Å². The zero-order valence-electron chi connectivity index (χ0n) is 11.4. The number of nitrogens with zero attached hydrogens (tertiary/aromatic N) is 1. The van der Waals surface area contributed by atoms with E-state index >= 15 is 0 Å². The molecule has 2 rings (SSSR count). The summed E-state index contributed by atoms with van der Waals surface area (Å²) in [7, 11) is -1.43. The molecule has 1 aromatic carbocycles. The first-order valence-electron chi connectivity index (χ1n) is 6.42. The number of aromatic nitrogens is 1. The highest BCUT2D eigenvalue weighted by Gasteiger charge is 2.28. The van der Waals surface area contributed by atoms with Gasteiger partial charge in [-0.3, -0.25) is 14.0 Å². The molecule has 2 unspecified atom stereocenters. The molecule has 0 saturated heterocycles. The Labute approximate surface area is 120 Å². The van der Waals surface area contributed by atoms with Crippen LogP contribution in [0.5, 0.6) is 0 Å². The quantitative estimate of drug-likeness (QED) is 0.919. The van der Waals surface area contributed by atoms with Crippen molar-refractivity contribution in [2.75, 3.05) is 0 Å². The summed E-state index contributed by atoms with van der Waals surface area (Å²) in [5.41, 5.74) is 1.75. The number of pyridine rings is 1. The van der Waals surface area contributed by atoms with Crippen LogP contribution in [0.15, 0.2) is 36.5 Å². The van der Waals surface area contributed by atoms with Crippen molar-refractivity contribution in [2.24, 2.45) is 5.92 Å². The SMILES string of the molecule is CC(C)C(C(=O)O)S(=O)Cc1ccc2ncccc2c1. The van der Waals surface area contributed by atoms with Crippen LogP contribution in [0.3, 0.4) is 0 Å². The van der Waals surface area contributed by atoms with Gasteiger partial charge in [-0.15, -0.1) is 0 Å². The molecule has 0 fully saturated rings. The number of hydrogen-bond donors (Lipinski definition) is 1. The van der Waals surface area contributed by atoms with Crippen LogP contribution in [0.1, 0.15) is 19.4 Å². The van der Waals surface area contributed by atoms with Gasteiger partial charge in [-0.25, -0.2) is 0 Å². The van der Waals surface area contributed by atoms with Gasteiger partial charge in [0.15, 0.2) is 0 Å². The lowest BCUT2D eigenvalue weighted by Crippen LogP contribution is -2.31. The van der Waals surface area contributed by atoms with Gasteiger partial charge in [0, 0.05) is 28.1 Å². The highest BCUT2D eigenvalue weighted by atomic mass is 32.2. The van der Waals surface area contributed by atoms with Gasteiger partial charge in [-0.05, 0) is 29.7 Å². The fraction of sp³-hybridized carbons (Fsp3) is 0.333. The predicted molar refractivity (Wildman–Crippen MR) is 79.9 cm³/mol. The van der Waals surface area contributed by atoms with Crippen molar-refractivity contribution in [2.45, 2.75) is 24.9 Å². The Hall–Kier alpha value is -1.75. The predicted octanol–water partition coefficient (Wildman–Crippen LogP) is 2.59. The summed E-state index contributed by atoms with van der Waals surface area (Å²) in [6.07, 6.45) is 1.72. The summed E-state index contributed by atoms with van der Waals surface area (Å²) in [5, 5.41) is 9.30. The molecule has 0 bridgehead atoms. The molecular weight excluding hydrogens is 274 g/mol. The van der Waals surface area contributed by atoms with E-state index in [1.165, 1.54) is 0 Å². The first-order valence-corrected chi connectivity index (χ1v) is 7.81. The lowest BCUT2D eigenvalue weighted by Gasteiger charge is -2.15. The monoisotopic (exact) mass is 291 g/mol. The lowest BCUT2D eigenvalue weighted by molar-refractivity contribution is -0.137. The molecule has 0 spiro atoms. The molecule has 2 aromatic rings. The molecule has 106 valence electrons. The molecule has 5 heteroatoms. The van der Waals surface area contributed by atoms with Crippen molar-refractivity contribution in [1.29, 1.82) is 0 Å². The van der Waals surface area contributed by atoms with E-state index in [0.29, 0.717) is 0 Å². The molecule has 0 aliphatic heterocycles. The Morgan fingerprint density at radius 3 is 2.75 bits per heavy atom. The fourth-order valence-electron chi connectivity index (χ4n) is 2.17. The number of rotatable bonds is 5. The van der Waals surface area contributed by atoms with Gasteiger partial charge < -0.3 is 5.11 Å². The normalized spacial score (nSPS) is 14.3. The maximum Gasteiger partial charge on any atom is 0.319 e. The Morgan fingerprint density at radius 1 is 1.35 bits per heavy atom. The van der Waals surface area contributed by atoms with E-state index < -0.39 is 22.0 Å². The Bertz CT molecular complexity index is 654. The molecule has 0 aliphatic carbocycles. The van der Waals surface area contributed by atoms with Crippen LogP contribution in [0, 0.1) is 5.92 Å². The molecule has 0 saturated carbocycles. The van der Waals surface area contributed by atoms with Gasteiger partial charge in [0.2, 0.25) is 0 Å². The lowest BCUT2D eigenvalue weighted by atomic mass is 10.1. The van der Waals surface area contributed by atoms with E-state index in [1.807, 2.05) is 30.3 Å². The van der Waals surface area contributed by atoms with Crippen LogP contribution in [-0.4, -0.2) is 25.5 Å². The van der Waals surface area contributed by atoms with Crippen LogP contribution in [0.4, 0.5) is 0 Å². The molecule has 20 heavy (non-hydrogen) atoms. The third kappa shape index (κ3) is 3.22. The van der Waals surface area contributed by atoms with Gasteiger partial charge in [-0.1, -0.05) is 26.0 Å². The van der Waals surface area contributed by atoms with E-state index in [9.17, 15) is 9.00 Å². The minimum absolute atomic E-state index is 0.157. The summed E-state index contributed by atoms with van der Waals surface area (Å²) in [4.78, 5) is 15.4. The molecular formula is C15H17NO3S. The second-order valence-corrected chi connectivity index (χ2v) is 6.62. The summed E-state index contributed by atoms with van der Waals surface area (Å²) < 4.78 is 12.2. The maximum atomic E-state index is 12.2. The van der Waals surface area contributed by atoms with Gasteiger partial charge in [-0.2, -0.15) is 0 Å². The number of carboxylic acid groups (broad SMARTS) is 1. The number of fused-ring (bicyclic) bond motifs is 1. The molecule has 1 heterocycles. The van der Waals surface area contributed by atoms with E-state index in [-0.39, 0.29) is 11.7 Å². The third-order valence-electron chi connectivity index (χ3n) is 3.11. The number of benzene rings is 1. The minimum atomic E-state index is -1.43. The van der Waals surface area contributed by atoms with Crippen molar-refractivity contribution in [3.05, 3.63) is 42.1 Å². The first-order chi connectivity index (χ1) is 9.49. The zero-order chi connectivity index (χ0) is 14.7. The first kappa shape index (κ1) is 14.7. The van der Waals surface area contributed by atoms with E-state index in [1.54, 1.807) is 20.0 Å². The second-order valence-electron chi connectivity index (χ2n) is 5.06. The summed E-state index contributed by atoms with van der Waals surface area (Å²) in [6, 6.07) is 9.42. The zero-order valence-corrected chi connectivity index (χ0v) is 12.3. The van der Waals surface area contributed by atoms with Crippen LogP contribution in [0.25, 0.3) is 10.9 Å². The van der Waals surface area contributed by atoms with Crippen LogP contribution < -0.4 is 0 Å². The van der Waals surface area contributed by atoms with Gasteiger partial charge in [0.25, 0.3) is 0 Å². The van der Waals surface area contributed by atoms with E-state index in [4.69, 9.17) is 5.11 Å². The highest BCUT2D eigenvalue weighted by molar-refractivity contribution is 7.85. The number of carbonyl (C=O) groups is 1. The van der Waals surface area contributed by atoms with Crippen LogP contribution in [-0.2, 0) is 21.3 Å². The smallest absolute Gasteiger partial charge is 0.319 e. The molecule has 0 aliphatic rings. The van der Waals surface area contributed by atoms with Gasteiger partial charge >= 0.3 is 5.97 Å². The topological polar surface area (TPSA) is 67.3 Å².